The number of rotatable bonds is 7. The van der Waals surface area contributed by atoms with Crippen LogP contribution < -0.4 is 4.74 Å². The second-order valence-corrected chi connectivity index (χ2v) is 8.22. The molecule has 4 rings (SSSR count). The van der Waals surface area contributed by atoms with Gasteiger partial charge in [0.05, 0.1) is 7.11 Å². The second kappa shape index (κ2) is 10.4. The van der Waals surface area contributed by atoms with Crippen LogP contribution in [0.25, 0.3) is 11.3 Å². The van der Waals surface area contributed by atoms with Gasteiger partial charge in [0.1, 0.15) is 17.3 Å². The Labute approximate surface area is 194 Å². The molecule has 3 aromatic rings. The summed E-state index contributed by atoms with van der Waals surface area (Å²) in [4.78, 5) is 29.1. The number of furan rings is 1. The van der Waals surface area contributed by atoms with E-state index >= 15 is 0 Å². The Morgan fingerprint density at radius 2 is 1.55 bits per heavy atom. The van der Waals surface area contributed by atoms with Crippen molar-refractivity contribution < 1.29 is 18.7 Å². The average Bonchev–Trinajstić information content (AvgIpc) is 3.36. The summed E-state index contributed by atoms with van der Waals surface area (Å²) in [5.74, 6) is 2.49. The zero-order chi connectivity index (χ0) is 23.2. The van der Waals surface area contributed by atoms with Gasteiger partial charge in [0.25, 0.3) is 5.91 Å². The highest BCUT2D eigenvalue weighted by Gasteiger charge is 2.24. The fourth-order valence-corrected chi connectivity index (χ4v) is 4.04. The molecular weight excluding hydrogens is 416 g/mol. The lowest BCUT2D eigenvalue weighted by atomic mass is 10.1. The monoisotopic (exact) mass is 446 g/mol. The summed E-state index contributed by atoms with van der Waals surface area (Å²) in [7, 11) is 1.64. The summed E-state index contributed by atoms with van der Waals surface area (Å²) in [6, 6.07) is 19.3. The Balaban J connectivity index is 1.25. The van der Waals surface area contributed by atoms with Gasteiger partial charge in [0.2, 0.25) is 5.91 Å². The minimum atomic E-state index is 0.0337. The highest BCUT2D eigenvalue weighted by molar-refractivity contribution is 5.94. The second-order valence-electron chi connectivity index (χ2n) is 8.22. The lowest BCUT2D eigenvalue weighted by Crippen LogP contribution is -2.50. The Kier molecular flexibility index (Phi) is 7.13. The molecule has 1 aliphatic heterocycles. The number of amides is 2. The van der Waals surface area contributed by atoms with Crippen LogP contribution in [-0.4, -0.2) is 54.9 Å². The summed E-state index contributed by atoms with van der Waals surface area (Å²) in [5.41, 5.74) is 2.89. The number of nitrogens with zero attached hydrogens (tertiary/aromatic N) is 2. The van der Waals surface area contributed by atoms with Crippen molar-refractivity contribution in [3.8, 4) is 17.1 Å². The molecule has 1 aromatic heterocycles. The third-order valence-corrected chi connectivity index (χ3v) is 6.15. The summed E-state index contributed by atoms with van der Waals surface area (Å²) in [5, 5.41) is 0. The number of piperazine rings is 1. The van der Waals surface area contributed by atoms with Gasteiger partial charge in [0.15, 0.2) is 0 Å². The van der Waals surface area contributed by atoms with Crippen LogP contribution in [0.5, 0.6) is 5.75 Å². The summed E-state index contributed by atoms with van der Waals surface area (Å²) < 4.78 is 11.1. The largest absolute Gasteiger partial charge is 0.497 e. The predicted molar refractivity (Wildman–Crippen MR) is 127 cm³/mol. The van der Waals surface area contributed by atoms with Gasteiger partial charge >= 0.3 is 0 Å². The highest BCUT2D eigenvalue weighted by Crippen LogP contribution is 2.25. The van der Waals surface area contributed by atoms with E-state index in [1.807, 2.05) is 70.5 Å². The molecule has 2 heterocycles. The number of hydrogen-bond acceptors (Lipinski definition) is 4. The van der Waals surface area contributed by atoms with Crippen molar-refractivity contribution in [3.05, 3.63) is 77.6 Å². The Morgan fingerprint density at radius 3 is 2.18 bits per heavy atom. The number of aryl methyl sites for hydroxylation is 2. The van der Waals surface area contributed by atoms with Crippen LogP contribution in [0.1, 0.15) is 35.0 Å². The predicted octanol–water partition coefficient (Wildman–Crippen LogP) is 4.43. The van der Waals surface area contributed by atoms with Crippen LogP contribution in [0.3, 0.4) is 0 Å². The standard InChI is InChI=1S/C27H30N2O4/c1-3-20-4-6-22(7-5-20)27(31)29-18-16-28(17-19-29)26(30)15-13-24-12-14-25(33-24)21-8-10-23(32-2)11-9-21/h4-12,14H,3,13,15-19H2,1-2H3. The molecule has 6 nitrogen and oxygen atoms in total. The van der Waals surface area contributed by atoms with Gasteiger partial charge in [0, 0.05) is 50.1 Å². The van der Waals surface area contributed by atoms with Gasteiger partial charge in [-0.15, -0.1) is 0 Å². The molecule has 0 atom stereocenters. The SMILES string of the molecule is CCc1ccc(C(=O)N2CCN(C(=O)CCc3ccc(-c4ccc(OC)cc4)o3)CC2)cc1. The highest BCUT2D eigenvalue weighted by atomic mass is 16.5. The van der Waals surface area contributed by atoms with E-state index in [-0.39, 0.29) is 11.8 Å². The van der Waals surface area contributed by atoms with E-state index in [2.05, 4.69) is 6.92 Å². The average molecular weight is 447 g/mol. The number of benzene rings is 2. The Morgan fingerprint density at radius 1 is 0.879 bits per heavy atom. The summed E-state index contributed by atoms with van der Waals surface area (Å²) in [6.45, 7) is 4.34. The minimum Gasteiger partial charge on any atom is -0.497 e. The Hall–Kier alpha value is -3.54. The fraction of sp³-hybridized carbons (Fsp3) is 0.333. The molecule has 0 bridgehead atoms. The first kappa shape index (κ1) is 22.6. The molecule has 1 fully saturated rings. The summed E-state index contributed by atoms with van der Waals surface area (Å²) in [6.07, 6.45) is 1.90. The number of hydrogen-bond donors (Lipinski definition) is 0. The third-order valence-electron chi connectivity index (χ3n) is 6.15. The lowest BCUT2D eigenvalue weighted by molar-refractivity contribution is -0.132. The number of methoxy groups -OCH3 is 1. The Bertz CT molecular complexity index is 1080. The first-order chi connectivity index (χ1) is 16.1. The van der Waals surface area contributed by atoms with Crippen molar-refractivity contribution >= 4 is 11.8 Å². The fourth-order valence-electron chi connectivity index (χ4n) is 4.04. The smallest absolute Gasteiger partial charge is 0.253 e. The molecule has 2 amide bonds. The van der Waals surface area contributed by atoms with Crippen LogP contribution in [-0.2, 0) is 17.6 Å². The van der Waals surface area contributed by atoms with Gasteiger partial charge < -0.3 is 19.0 Å². The molecular formula is C27H30N2O4. The van der Waals surface area contributed by atoms with E-state index in [9.17, 15) is 9.59 Å². The van der Waals surface area contributed by atoms with E-state index in [1.54, 1.807) is 7.11 Å². The third kappa shape index (κ3) is 5.45. The zero-order valence-electron chi connectivity index (χ0n) is 19.3. The maximum atomic E-state index is 12.7. The normalized spacial score (nSPS) is 13.8. The van der Waals surface area contributed by atoms with Gasteiger partial charge in [-0.3, -0.25) is 9.59 Å². The molecule has 1 saturated heterocycles. The van der Waals surface area contributed by atoms with Gasteiger partial charge in [-0.2, -0.15) is 0 Å². The molecule has 0 N–H and O–H groups in total. The number of carbonyl (C=O) groups is 2. The van der Waals surface area contributed by atoms with Crippen LogP contribution in [0.2, 0.25) is 0 Å². The first-order valence-electron chi connectivity index (χ1n) is 11.5. The van der Waals surface area contributed by atoms with E-state index in [1.165, 1.54) is 5.56 Å². The molecule has 2 aromatic carbocycles. The molecule has 172 valence electrons. The van der Waals surface area contributed by atoms with Gasteiger partial charge in [-0.25, -0.2) is 0 Å². The lowest BCUT2D eigenvalue weighted by Gasteiger charge is -2.35. The topological polar surface area (TPSA) is 63.0 Å². The van der Waals surface area contributed by atoms with E-state index in [0.717, 1.165) is 29.3 Å². The molecule has 33 heavy (non-hydrogen) atoms. The van der Waals surface area contributed by atoms with Crippen LogP contribution >= 0.6 is 0 Å². The van der Waals surface area contributed by atoms with Gasteiger partial charge in [-0.1, -0.05) is 19.1 Å². The summed E-state index contributed by atoms with van der Waals surface area (Å²) >= 11 is 0. The van der Waals surface area contributed by atoms with Crippen LogP contribution in [0, 0.1) is 0 Å². The quantitative estimate of drug-likeness (QED) is 0.539. The molecule has 0 radical (unpaired) electrons. The molecule has 0 aliphatic carbocycles. The first-order valence-corrected chi connectivity index (χ1v) is 11.5. The van der Waals surface area contributed by atoms with Crippen molar-refractivity contribution in [2.24, 2.45) is 0 Å². The molecule has 0 unspecified atom stereocenters. The molecule has 6 heteroatoms. The minimum absolute atomic E-state index is 0.0337. The van der Waals surface area contributed by atoms with Crippen molar-refractivity contribution in [1.29, 1.82) is 0 Å². The van der Waals surface area contributed by atoms with E-state index < -0.39 is 0 Å². The zero-order valence-corrected chi connectivity index (χ0v) is 19.3. The van der Waals surface area contributed by atoms with Crippen LogP contribution in [0.4, 0.5) is 0 Å². The van der Waals surface area contributed by atoms with Gasteiger partial charge in [-0.05, 0) is 60.5 Å². The maximum Gasteiger partial charge on any atom is 0.253 e. The molecule has 0 saturated carbocycles. The van der Waals surface area contributed by atoms with E-state index in [4.69, 9.17) is 9.15 Å². The van der Waals surface area contributed by atoms with Crippen LogP contribution in [0.15, 0.2) is 65.1 Å². The van der Waals surface area contributed by atoms with Crippen molar-refractivity contribution in [2.45, 2.75) is 26.2 Å². The number of ether oxygens (including phenoxy) is 1. The van der Waals surface area contributed by atoms with E-state index in [0.29, 0.717) is 44.6 Å². The van der Waals surface area contributed by atoms with Crippen molar-refractivity contribution in [3.63, 3.8) is 0 Å². The molecule has 1 aliphatic rings. The maximum absolute atomic E-state index is 12.7. The van der Waals surface area contributed by atoms with Crippen molar-refractivity contribution in [1.82, 2.24) is 9.80 Å². The molecule has 0 spiro atoms. The number of carbonyl (C=O) groups excluding carboxylic acids is 2. The van der Waals surface area contributed by atoms with Crippen molar-refractivity contribution in [2.75, 3.05) is 33.3 Å².